The van der Waals surface area contributed by atoms with Crippen LogP contribution in [0.25, 0.3) is 0 Å². The predicted molar refractivity (Wildman–Crippen MR) is 106 cm³/mol. The van der Waals surface area contributed by atoms with Crippen LogP contribution in [0.3, 0.4) is 0 Å². The van der Waals surface area contributed by atoms with Crippen molar-refractivity contribution in [2.45, 2.75) is 13.3 Å². The Kier molecular flexibility index (Phi) is 7.38. The summed E-state index contributed by atoms with van der Waals surface area (Å²) in [5, 5.41) is 8.07. The molecule has 28 heavy (non-hydrogen) atoms. The Labute approximate surface area is 163 Å². The molecule has 0 atom stereocenters. The van der Waals surface area contributed by atoms with Gasteiger partial charge in [0.2, 0.25) is 11.8 Å². The van der Waals surface area contributed by atoms with Crippen LogP contribution in [0.4, 0.5) is 11.4 Å². The van der Waals surface area contributed by atoms with Crippen LogP contribution in [-0.4, -0.2) is 38.5 Å². The van der Waals surface area contributed by atoms with Gasteiger partial charge in [-0.2, -0.15) is 0 Å². The van der Waals surface area contributed by atoms with Crippen molar-refractivity contribution in [2.24, 2.45) is 0 Å². The van der Waals surface area contributed by atoms with Gasteiger partial charge in [-0.15, -0.1) is 0 Å². The summed E-state index contributed by atoms with van der Waals surface area (Å²) in [6, 6.07) is 11.6. The Morgan fingerprint density at radius 2 is 1.39 bits per heavy atom. The van der Waals surface area contributed by atoms with E-state index in [-0.39, 0.29) is 30.7 Å². The van der Waals surface area contributed by atoms with E-state index in [0.29, 0.717) is 28.4 Å². The van der Waals surface area contributed by atoms with Gasteiger partial charge >= 0.3 is 0 Å². The van der Waals surface area contributed by atoms with Gasteiger partial charge in [-0.25, -0.2) is 0 Å². The summed E-state index contributed by atoms with van der Waals surface area (Å²) < 4.78 is 10.3. The van der Waals surface area contributed by atoms with E-state index in [1.165, 1.54) is 21.1 Å². The highest BCUT2D eigenvalue weighted by molar-refractivity contribution is 5.96. The molecule has 3 N–H and O–H groups in total. The third-order valence-electron chi connectivity index (χ3n) is 3.74. The van der Waals surface area contributed by atoms with Gasteiger partial charge in [0.1, 0.15) is 11.5 Å². The second kappa shape index (κ2) is 9.96. The van der Waals surface area contributed by atoms with Crippen molar-refractivity contribution in [2.75, 3.05) is 31.4 Å². The first kappa shape index (κ1) is 20.8. The van der Waals surface area contributed by atoms with Crippen LogP contribution in [0, 0.1) is 0 Å². The van der Waals surface area contributed by atoms with E-state index in [4.69, 9.17) is 9.47 Å². The molecular formula is C20H23N3O5. The zero-order valence-corrected chi connectivity index (χ0v) is 16.0. The summed E-state index contributed by atoms with van der Waals surface area (Å²) in [5.74, 6) is 0.275. The lowest BCUT2D eigenvalue weighted by Gasteiger charge is -2.10. The highest BCUT2D eigenvalue weighted by atomic mass is 16.5. The van der Waals surface area contributed by atoms with Crippen molar-refractivity contribution in [1.29, 1.82) is 0 Å². The molecule has 8 nitrogen and oxygen atoms in total. The first-order valence-electron chi connectivity index (χ1n) is 8.60. The average molecular weight is 385 g/mol. The molecule has 2 rings (SSSR count). The Morgan fingerprint density at radius 3 is 1.89 bits per heavy atom. The van der Waals surface area contributed by atoms with Crippen molar-refractivity contribution in [3.8, 4) is 11.5 Å². The lowest BCUT2D eigenvalue weighted by Crippen LogP contribution is -2.27. The lowest BCUT2D eigenvalue weighted by molar-refractivity contribution is -0.116. The van der Waals surface area contributed by atoms with E-state index in [1.54, 1.807) is 42.5 Å². The van der Waals surface area contributed by atoms with E-state index >= 15 is 0 Å². The molecule has 0 unspecified atom stereocenters. The molecule has 0 heterocycles. The third-order valence-corrected chi connectivity index (χ3v) is 3.74. The molecule has 0 aliphatic rings. The normalized spacial score (nSPS) is 9.96. The summed E-state index contributed by atoms with van der Waals surface area (Å²) in [5.41, 5.74) is 1.62. The van der Waals surface area contributed by atoms with Crippen LogP contribution in [0.2, 0.25) is 0 Å². The molecule has 0 saturated heterocycles. The number of ether oxygens (including phenoxy) is 2. The number of carbonyl (C=O) groups excluding carboxylic acids is 3. The van der Waals surface area contributed by atoms with Crippen LogP contribution in [-0.2, 0) is 9.59 Å². The fourth-order valence-electron chi connectivity index (χ4n) is 2.39. The fraction of sp³-hybridized carbons (Fsp3) is 0.250. The first-order chi connectivity index (χ1) is 13.4. The molecule has 0 radical (unpaired) electrons. The number of rotatable bonds is 8. The van der Waals surface area contributed by atoms with E-state index < -0.39 is 0 Å². The smallest absolute Gasteiger partial charge is 0.251 e. The molecule has 0 saturated carbocycles. The minimum Gasteiger partial charge on any atom is -0.497 e. The average Bonchev–Trinajstić information content (AvgIpc) is 2.68. The van der Waals surface area contributed by atoms with E-state index in [1.807, 2.05) is 0 Å². The molecule has 8 heteroatoms. The molecule has 0 aliphatic carbocycles. The monoisotopic (exact) mass is 385 g/mol. The SMILES string of the molecule is COc1cc(OC)cc(C(=O)NCCC(=O)Nc2ccc(NC(C)=O)cc2)c1. The second-order valence-corrected chi connectivity index (χ2v) is 5.91. The molecule has 2 aromatic carbocycles. The summed E-state index contributed by atoms with van der Waals surface area (Å²) in [6.07, 6.45) is 0.111. The van der Waals surface area contributed by atoms with E-state index in [9.17, 15) is 14.4 Å². The highest BCUT2D eigenvalue weighted by Gasteiger charge is 2.10. The third kappa shape index (κ3) is 6.31. The molecule has 0 spiro atoms. The van der Waals surface area contributed by atoms with Gasteiger partial charge in [-0.05, 0) is 36.4 Å². The van der Waals surface area contributed by atoms with Crippen LogP contribution in [0.15, 0.2) is 42.5 Å². The van der Waals surface area contributed by atoms with Crippen molar-refractivity contribution in [3.05, 3.63) is 48.0 Å². The van der Waals surface area contributed by atoms with E-state index in [0.717, 1.165) is 0 Å². The van der Waals surface area contributed by atoms with Gasteiger partial charge in [0.05, 0.1) is 14.2 Å². The van der Waals surface area contributed by atoms with Gasteiger partial charge < -0.3 is 25.4 Å². The molecule has 3 amide bonds. The van der Waals surface area contributed by atoms with Crippen molar-refractivity contribution in [3.63, 3.8) is 0 Å². The number of amides is 3. The second-order valence-electron chi connectivity index (χ2n) is 5.91. The summed E-state index contributed by atoms with van der Waals surface area (Å²) in [7, 11) is 3.01. The molecule has 2 aromatic rings. The van der Waals surface area contributed by atoms with Crippen molar-refractivity contribution in [1.82, 2.24) is 5.32 Å². The zero-order chi connectivity index (χ0) is 20.5. The molecule has 148 valence electrons. The van der Waals surface area contributed by atoms with E-state index in [2.05, 4.69) is 16.0 Å². The Morgan fingerprint density at radius 1 is 0.857 bits per heavy atom. The standard InChI is InChI=1S/C20H23N3O5/c1-13(24)22-15-4-6-16(7-5-15)23-19(25)8-9-21-20(26)14-10-17(27-2)12-18(11-14)28-3/h4-7,10-12H,8-9H2,1-3H3,(H,21,26)(H,22,24)(H,23,25). The first-order valence-corrected chi connectivity index (χ1v) is 8.60. The van der Waals surface area contributed by atoms with Gasteiger partial charge in [0, 0.05) is 42.9 Å². The van der Waals surface area contributed by atoms with Crippen LogP contribution in [0.5, 0.6) is 11.5 Å². The molecule has 0 aliphatic heterocycles. The Hall–Kier alpha value is -3.55. The predicted octanol–water partition coefficient (Wildman–Crippen LogP) is 2.42. The molecule has 0 aromatic heterocycles. The number of benzene rings is 2. The minimum atomic E-state index is -0.329. The zero-order valence-electron chi connectivity index (χ0n) is 16.0. The maximum atomic E-state index is 12.3. The van der Waals surface area contributed by atoms with Gasteiger partial charge in [0.15, 0.2) is 0 Å². The van der Waals surface area contributed by atoms with Crippen LogP contribution in [0.1, 0.15) is 23.7 Å². The fourth-order valence-corrected chi connectivity index (χ4v) is 2.39. The lowest BCUT2D eigenvalue weighted by atomic mass is 10.2. The maximum Gasteiger partial charge on any atom is 0.251 e. The molecule has 0 bridgehead atoms. The Bertz CT molecular complexity index is 827. The number of hydrogen-bond acceptors (Lipinski definition) is 5. The maximum absolute atomic E-state index is 12.3. The number of hydrogen-bond donors (Lipinski definition) is 3. The summed E-state index contributed by atoms with van der Waals surface area (Å²) in [4.78, 5) is 35.3. The topological polar surface area (TPSA) is 106 Å². The van der Waals surface area contributed by atoms with Gasteiger partial charge in [-0.1, -0.05) is 0 Å². The number of nitrogens with one attached hydrogen (secondary N) is 3. The van der Waals surface area contributed by atoms with Crippen LogP contribution < -0.4 is 25.4 Å². The minimum absolute atomic E-state index is 0.111. The molecular weight excluding hydrogens is 362 g/mol. The van der Waals surface area contributed by atoms with Gasteiger partial charge in [-0.3, -0.25) is 14.4 Å². The van der Waals surface area contributed by atoms with Gasteiger partial charge in [0.25, 0.3) is 5.91 Å². The van der Waals surface area contributed by atoms with Crippen molar-refractivity contribution < 1.29 is 23.9 Å². The largest absolute Gasteiger partial charge is 0.497 e. The quantitative estimate of drug-likeness (QED) is 0.647. The number of anilines is 2. The Balaban J connectivity index is 1.83. The summed E-state index contributed by atoms with van der Waals surface area (Å²) in [6.45, 7) is 1.60. The number of methoxy groups -OCH3 is 2. The van der Waals surface area contributed by atoms with Crippen molar-refractivity contribution >= 4 is 29.1 Å². The summed E-state index contributed by atoms with van der Waals surface area (Å²) >= 11 is 0. The molecule has 0 fully saturated rings. The van der Waals surface area contributed by atoms with Crippen LogP contribution >= 0.6 is 0 Å². The number of carbonyl (C=O) groups is 3. The highest BCUT2D eigenvalue weighted by Crippen LogP contribution is 2.22.